The molecule has 0 atom stereocenters. The first-order valence-electron chi connectivity index (χ1n) is 13.6. The van der Waals surface area contributed by atoms with Gasteiger partial charge in [-0.2, -0.15) is 0 Å². The molecule has 2 aromatic rings. The molecule has 0 unspecified atom stereocenters. The molecule has 1 spiro atoms. The molecule has 2 aliphatic carbocycles. The van der Waals surface area contributed by atoms with Crippen LogP contribution in [0.4, 0.5) is 25.8 Å². The first-order chi connectivity index (χ1) is 19.0. The summed E-state index contributed by atoms with van der Waals surface area (Å²) in [6, 6.07) is 9.27. The van der Waals surface area contributed by atoms with Crippen molar-refractivity contribution in [1.29, 1.82) is 0 Å². The third kappa shape index (κ3) is 5.14. The SMILES string of the molecule is O=C(Nc1cccc2c1C(=O)N(C1CC(F)(F)C1)C2)c1ccc(NS(=O)(=O)CCO)cc1N1CCC2(CC1)CC2. The van der Waals surface area contributed by atoms with Gasteiger partial charge in [-0.1, -0.05) is 12.1 Å². The minimum Gasteiger partial charge on any atom is -0.395 e. The van der Waals surface area contributed by atoms with Gasteiger partial charge >= 0.3 is 0 Å². The Balaban J connectivity index is 1.26. The van der Waals surface area contributed by atoms with Crippen molar-refractivity contribution in [1.82, 2.24) is 4.90 Å². The number of carbonyl (C=O) groups is 2. The number of hydrogen-bond donors (Lipinski definition) is 3. The van der Waals surface area contributed by atoms with Crippen molar-refractivity contribution in [3.63, 3.8) is 0 Å². The molecule has 0 radical (unpaired) electrons. The van der Waals surface area contributed by atoms with Crippen LogP contribution in [0.3, 0.4) is 0 Å². The third-order valence-corrected chi connectivity index (χ3v) is 9.99. The van der Waals surface area contributed by atoms with E-state index >= 15 is 0 Å². The summed E-state index contributed by atoms with van der Waals surface area (Å²) in [6.07, 6.45) is 3.68. The molecule has 2 amide bonds. The second-order valence-electron chi connectivity index (χ2n) is 11.5. The van der Waals surface area contributed by atoms with Gasteiger partial charge in [0.1, 0.15) is 0 Å². The monoisotopic (exact) mass is 574 g/mol. The molecule has 9 nitrogen and oxygen atoms in total. The van der Waals surface area contributed by atoms with Crippen LogP contribution >= 0.6 is 0 Å². The van der Waals surface area contributed by atoms with Gasteiger partial charge in [-0.05, 0) is 60.9 Å². The van der Waals surface area contributed by atoms with Crippen LogP contribution in [0.25, 0.3) is 0 Å². The van der Waals surface area contributed by atoms with Crippen LogP contribution in [-0.2, 0) is 16.6 Å². The van der Waals surface area contributed by atoms with Gasteiger partial charge in [0.2, 0.25) is 10.0 Å². The fraction of sp³-hybridized carbons (Fsp3) is 0.500. The first-order valence-corrected chi connectivity index (χ1v) is 15.3. The molecule has 0 aromatic heterocycles. The van der Waals surface area contributed by atoms with E-state index in [-0.39, 0.29) is 31.0 Å². The van der Waals surface area contributed by atoms with Crippen LogP contribution in [0, 0.1) is 5.41 Å². The number of rotatable bonds is 8. The molecule has 6 rings (SSSR count). The van der Waals surface area contributed by atoms with Gasteiger partial charge < -0.3 is 20.2 Å². The zero-order valence-corrected chi connectivity index (χ0v) is 22.8. The summed E-state index contributed by atoms with van der Waals surface area (Å²) < 4.78 is 54.0. The molecule has 2 heterocycles. The fourth-order valence-corrected chi connectivity index (χ4v) is 6.95. The predicted octanol–water partition coefficient (Wildman–Crippen LogP) is 3.81. The van der Waals surface area contributed by atoms with E-state index in [1.165, 1.54) is 23.8 Å². The quantitative estimate of drug-likeness (QED) is 0.441. The highest BCUT2D eigenvalue weighted by molar-refractivity contribution is 7.92. The lowest BCUT2D eigenvalue weighted by Crippen LogP contribution is -2.50. The Morgan fingerprint density at radius 3 is 2.45 bits per heavy atom. The molecule has 40 heavy (non-hydrogen) atoms. The van der Waals surface area contributed by atoms with E-state index in [1.54, 1.807) is 30.3 Å². The van der Waals surface area contributed by atoms with Crippen molar-refractivity contribution in [2.24, 2.45) is 5.41 Å². The molecular weight excluding hydrogens is 542 g/mol. The summed E-state index contributed by atoms with van der Waals surface area (Å²) in [5.41, 5.74) is 2.89. The smallest absolute Gasteiger partial charge is 0.257 e. The highest BCUT2D eigenvalue weighted by Crippen LogP contribution is 2.54. The van der Waals surface area contributed by atoms with Crippen molar-refractivity contribution in [2.75, 3.05) is 40.4 Å². The standard InChI is InChI=1S/C28H32F2N4O5S/c29-28(30)15-20(16-28)34-17-18-2-1-3-22(24(18)26(34)37)31-25(36)21-5-4-19(32-40(38,39)13-12-35)14-23(21)33-10-8-27(6-7-27)9-11-33/h1-5,14,20,32,35H,6-13,15-17H2,(H,31,36). The van der Waals surface area contributed by atoms with E-state index < -0.39 is 40.3 Å². The Morgan fingerprint density at radius 1 is 1.07 bits per heavy atom. The minimum absolute atomic E-state index is 0.224. The average Bonchev–Trinajstić information content (AvgIpc) is 3.55. The van der Waals surface area contributed by atoms with E-state index in [2.05, 4.69) is 14.9 Å². The minimum atomic E-state index is -3.76. The maximum atomic E-state index is 13.7. The van der Waals surface area contributed by atoms with E-state index in [0.717, 1.165) is 25.9 Å². The van der Waals surface area contributed by atoms with Gasteiger partial charge in [0.25, 0.3) is 17.7 Å². The summed E-state index contributed by atoms with van der Waals surface area (Å²) in [5, 5.41) is 11.9. The van der Waals surface area contributed by atoms with Gasteiger partial charge in [-0.25, -0.2) is 17.2 Å². The van der Waals surface area contributed by atoms with E-state index in [1.807, 2.05) is 0 Å². The maximum absolute atomic E-state index is 13.7. The Kier molecular flexibility index (Phi) is 6.53. The van der Waals surface area contributed by atoms with Gasteiger partial charge in [0.05, 0.1) is 40.5 Å². The zero-order valence-electron chi connectivity index (χ0n) is 22.0. The number of fused-ring (bicyclic) bond motifs is 1. The molecule has 214 valence electrons. The molecule has 3 fully saturated rings. The highest BCUT2D eigenvalue weighted by atomic mass is 32.2. The van der Waals surface area contributed by atoms with Gasteiger partial charge in [-0.15, -0.1) is 0 Å². The number of nitrogens with zero attached hydrogens (tertiary/aromatic N) is 2. The van der Waals surface area contributed by atoms with Crippen LogP contribution in [0.1, 0.15) is 64.8 Å². The van der Waals surface area contributed by atoms with Crippen LogP contribution in [0.5, 0.6) is 0 Å². The van der Waals surface area contributed by atoms with Crippen molar-refractivity contribution in [3.05, 3.63) is 53.1 Å². The summed E-state index contributed by atoms with van der Waals surface area (Å²) >= 11 is 0. The van der Waals surface area contributed by atoms with Crippen molar-refractivity contribution in [3.8, 4) is 0 Å². The number of anilines is 3. The molecule has 0 bridgehead atoms. The molecule has 12 heteroatoms. The number of amides is 2. The number of benzene rings is 2. The number of piperidine rings is 1. The van der Waals surface area contributed by atoms with Gasteiger partial charge in [-0.3, -0.25) is 14.3 Å². The van der Waals surface area contributed by atoms with Crippen LogP contribution in [-0.4, -0.2) is 67.7 Å². The van der Waals surface area contributed by atoms with Crippen molar-refractivity contribution in [2.45, 2.75) is 57.0 Å². The van der Waals surface area contributed by atoms with Crippen molar-refractivity contribution < 1.29 is 31.9 Å². The topological polar surface area (TPSA) is 119 Å². The number of aliphatic hydroxyl groups is 1. The lowest BCUT2D eigenvalue weighted by Gasteiger charge is -2.40. The van der Waals surface area contributed by atoms with Gasteiger partial charge in [0.15, 0.2) is 0 Å². The molecule has 1 saturated heterocycles. The second kappa shape index (κ2) is 9.69. The summed E-state index contributed by atoms with van der Waals surface area (Å²) in [7, 11) is -3.76. The number of sulfonamides is 1. The number of alkyl halides is 2. The second-order valence-corrected chi connectivity index (χ2v) is 13.4. The molecule has 4 aliphatic rings. The number of carbonyl (C=O) groups excluding carboxylic acids is 2. The average molecular weight is 575 g/mol. The summed E-state index contributed by atoms with van der Waals surface area (Å²) in [6.45, 7) is 1.17. The summed E-state index contributed by atoms with van der Waals surface area (Å²) in [5.74, 6) is -4.02. The lowest BCUT2D eigenvalue weighted by molar-refractivity contribution is -0.116. The largest absolute Gasteiger partial charge is 0.395 e. The van der Waals surface area contributed by atoms with Crippen molar-refractivity contribution >= 4 is 38.9 Å². The maximum Gasteiger partial charge on any atom is 0.257 e. The predicted molar refractivity (Wildman–Crippen MR) is 146 cm³/mol. The van der Waals surface area contributed by atoms with Crippen LogP contribution in [0.2, 0.25) is 0 Å². The van der Waals surface area contributed by atoms with Crippen LogP contribution < -0.4 is 14.9 Å². The lowest BCUT2D eigenvalue weighted by atomic mass is 9.87. The number of aliphatic hydroxyl groups excluding tert-OH is 1. The Morgan fingerprint density at radius 2 is 1.80 bits per heavy atom. The van der Waals surface area contributed by atoms with E-state index in [9.17, 15) is 26.8 Å². The normalized spacial score (nSPS) is 21.2. The molecular formula is C28H32F2N4O5S. The van der Waals surface area contributed by atoms with Crippen LogP contribution in [0.15, 0.2) is 36.4 Å². The fourth-order valence-electron chi connectivity index (χ4n) is 6.12. The van der Waals surface area contributed by atoms with E-state index in [0.29, 0.717) is 33.5 Å². The third-order valence-electron chi connectivity index (χ3n) is 8.72. The summed E-state index contributed by atoms with van der Waals surface area (Å²) in [4.78, 5) is 30.4. The first kappa shape index (κ1) is 26.9. The zero-order chi connectivity index (χ0) is 28.3. The number of nitrogens with one attached hydrogen (secondary N) is 2. The van der Waals surface area contributed by atoms with Gasteiger partial charge in [0, 0.05) is 38.5 Å². The molecule has 3 N–H and O–H groups in total. The Hall–Kier alpha value is -3.25. The number of hydrogen-bond acceptors (Lipinski definition) is 6. The highest BCUT2D eigenvalue weighted by Gasteiger charge is 2.51. The Bertz CT molecular complexity index is 1460. The molecule has 2 saturated carbocycles. The molecule has 2 aromatic carbocycles. The van der Waals surface area contributed by atoms with E-state index in [4.69, 9.17) is 5.11 Å². The Labute approximate surface area is 231 Å². The molecule has 2 aliphatic heterocycles. The number of halogens is 2.